The molecule has 0 aliphatic rings. The largest absolute Gasteiger partial charge is 0.352 e. The fraction of sp³-hybridized carbons (Fsp3) is 0.562. The van der Waals surface area contributed by atoms with Crippen molar-refractivity contribution in [1.29, 1.82) is 0 Å². The molecule has 4 heteroatoms. The third kappa shape index (κ3) is 4.23. The van der Waals surface area contributed by atoms with Crippen molar-refractivity contribution in [3.8, 4) is 0 Å². The number of hydrogen-bond acceptors (Lipinski definition) is 3. The summed E-state index contributed by atoms with van der Waals surface area (Å²) in [7, 11) is 0. The first-order valence-electron chi connectivity index (χ1n) is 7.22. The minimum absolute atomic E-state index is 0.0794. The highest BCUT2D eigenvalue weighted by molar-refractivity contribution is 5.99. The van der Waals surface area contributed by atoms with Gasteiger partial charge in [0, 0.05) is 6.54 Å². The summed E-state index contributed by atoms with van der Waals surface area (Å²) in [5, 5.41) is 3.02. The van der Waals surface area contributed by atoms with E-state index in [-0.39, 0.29) is 5.91 Å². The van der Waals surface area contributed by atoms with Crippen LogP contribution in [0.1, 0.15) is 43.6 Å². The van der Waals surface area contributed by atoms with Crippen LogP contribution in [0.15, 0.2) is 18.2 Å². The molecule has 0 unspecified atom stereocenters. The number of anilines is 1. The molecule has 0 heterocycles. The third-order valence-electron chi connectivity index (χ3n) is 3.79. The number of carbonyl (C=O) groups excluding carboxylic acids is 1. The summed E-state index contributed by atoms with van der Waals surface area (Å²) in [4.78, 5) is 12.3. The van der Waals surface area contributed by atoms with Crippen molar-refractivity contribution in [2.45, 2.75) is 34.6 Å². The van der Waals surface area contributed by atoms with E-state index in [0.717, 1.165) is 5.56 Å². The van der Waals surface area contributed by atoms with E-state index < -0.39 is 0 Å². The van der Waals surface area contributed by atoms with E-state index in [1.807, 2.05) is 19.1 Å². The molecule has 1 rings (SSSR count). The molecule has 0 radical (unpaired) electrons. The molecule has 0 atom stereocenters. The number of hydrogen-bond donors (Lipinski definition) is 3. The maximum absolute atomic E-state index is 12.3. The van der Waals surface area contributed by atoms with Crippen LogP contribution in [0.4, 0.5) is 5.69 Å². The number of hydrazine groups is 1. The monoisotopic (exact) mass is 277 g/mol. The lowest BCUT2D eigenvalue weighted by Gasteiger charge is -2.25. The Bertz CT molecular complexity index is 447. The molecule has 112 valence electrons. The van der Waals surface area contributed by atoms with Crippen molar-refractivity contribution in [2.75, 3.05) is 12.0 Å². The molecule has 0 aliphatic carbocycles. The topological polar surface area (TPSA) is 67.2 Å². The molecule has 1 aromatic rings. The van der Waals surface area contributed by atoms with Crippen molar-refractivity contribution in [1.82, 2.24) is 5.32 Å². The number of aryl methyl sites for hydroxylation is 1. The van der Waals surface area contributed by atoms with E-state index in [4.69, 9.17) is 5.84 Å². The molecule has 4 N–H and O–H groups in total. The predicted molar refractivity (Wildman–Crippen MR) is 84.5 cm³/mol. The summed E-state index contributed by atoms with van der Waals surface area (Å²) in [6.07, 6.45) is 0. The quantitative estimate of drug-likeness (QED) is 0.553. The molecular weight excluding hydrogens is 250 g/mol. The first-order valence-corrected chi connectivity index (χ1v) is 7.22. The molecular formula is C16H27N3O. The fourth-order valence-corrected chi connectivity index (χ4v) is 2.52. The Morgan fingerprint density at radius 1 is 1.20 bits per heavy atom. The van der Waals surface area contributed by atoms with Crippen molar-refractivity contribution in [2.24, 2.45) is 23.6 Å². The van der Waals surface area contributed by atoms with Gasteiger partial charge in [-0.15, -0.1) is 0 Å². The number of carbonyl (C=O) groups is 1. The van der Waals surface area contributed by atoms with Crippen LogP contribution in [-0.2, 0) is 0 Å². The zero-order valence-electron chi connectivity index (χ0n) is 13.2. The number of nitrogens with one attached hydrogen (secondary N) is 2. The fourth-order valence-electron chi connectivity index (χ4n) is 2.52. The van der Waals surface area contributed by atoms with Crippen LogP contribution in [0, 0.1) is 24.7 Å². The van der Waals surface area contributed by atoms with E-state index in [1.165, 1.54) is 0 Å². The molecule has 4 nitrogen and oxygen atoms in total. The van der Waals surface area contributed by atoms with Gasteiger partial charge in [0.1, 0.15) is 0 Å². The standard InChI is InChI=1S/C16H27N3O/c1-10(2)14(11(3)4)9-18-16(20)13-7-6-12(5)8-15(13)19-17/h6-8,10-11,14,19H,9,17H2,1-5H3,(H,18,20). The van der Waals surface area contributed by atoms with Crippen LogP contribution in [-0.4, -0.2) is 12.5 Å². The lowest BCUT2D eigenvalue weighted by atomic mass is 9.85. The van der Waals surface area contributed by atoms with Gasteiger partial charge in [-0.2, -0.15) is 0 Å². The molecule has 0 aromatic heterocycles. The summed E-state index contributed by atoms with van der Waals surface area (Å²) < 4.78 is 0. The number of nitrogens with two attached hydrogens (primary N) is 1. The van der Waals surface area contributed by atoms with Gasteiger partial charge in [0.15, 0.2) is 0 Å². The van der Waals surface area contributed by atoms with E-state index in [9.17, 15) is 4.79 Å². The normalized spacial score (nSPS) is 11.2. The summed E-state index contributed by atoms with van der Waals surface area (Å²) in [6.45, 7) is 11.4. The summed E-state index contributed by atoms with van der Waals surface area (Å²) in [5.74, 6) is 6.96. The maximum atomic E-state index is 12.3. The van der Waals surface area contributed by atoms with Crippen LogP contribution < -0.4 is 16.6 Å². The highest BCUT2D eigenvalue weighted by Crippen LogP contribution is 2.20. The molecule has 1 aromatic carbocycles. The van der Waals surface area contributed by atoms with Crippen molar-refractivity contribution in [3.63, 3.8) is 0 Å². The molecule has 0 bridgehead atoms. The Hall–Kier alpha value is -1.55. The van der Waals surface area contributed by atoms with Gasteiger partial charge in [0.05, 0.1) is 11.3 Å². The van der Waals surface area contributed by atoms with Crippen molar-refractivity contribution < 1.29 is 4.79 Å². The van der Waals surface area contributed by atoms with E-state index in [1.54, 1.807) is 6.07 Å². The van der Waals surface area contributed by atoms with Crippen molar-refractivity contribution in [3.05, 3.63) is 29.3 Å². The number of benzene rings is 1. The summed E-state index contributed by atoms with van der Waals surface area (Å²) in [5.41, 5.74) is 4.90. The van der Waals surface area contributed by atoms with Gasteiger partial charge < -0.3 is 10.7 Å². The molecule has 0 fully saturated rings. The van der Waals surface area contributed by atoms with Crippen LogP contribution in [0.3, 0.4) is 0 Å². The molecule has 0 saturated carbocycles. The molecule has 20 heavy (non-hydrogen) atoms. The molecule has 0 spiro atoms. The number of amides is 1. The predicted octanol–water partition coefficient (Wildman–Crippen LogP) is 2.94. The zero-order chi connectivity index (χ0) is 15.3. The minimum atomic E-state index is -0.0794. The summed E-state index contributed by atoms with van der Waals surface area (Å²) in [6, 6.07) is 5.59. The average molecular weight is 277 g/mol. The Labute approximate surface area is 122 Å². The minimum Gasteiger partial charge on any atom is -0.352 e. The highest BCUT2D eigenvalue weighted by atomic mass is 16.1. The van der Waals surface area contributed by atoms with Crippen LogP contribution in [0.5, 0.6) is 0 Å². The lowest BCUT2D eigenvalue weighted by molar-refractivity contribution is 0.0938. The Morgan fingerprint density at radius 3 is 2.30 bits per heavy atom. The Balaban J connectivity index is 2.76. The Morgan fingerprint density at radius 2 is 1.80 bits per heavy atom. The maximum Gasteiger partial charge on any atom is 0.253 e. The van der Waals surface area contributed by atoms with Gasteiger partial charge in [-0.25, -0.2) is 0 Å². The van der Waals surface area contributed by atoms with Gasteiger partial charge in [0.2, 0.25) is 0 Å². The van der Waals surface area contributed by atoms with Crippen LogP contribution in [0.25, 0.3) is 0 Å². The van der Waals surface area contributed by atoms with E-state index in [0.29, 0.717) is 35.5 Å². The molecule has 0 aliphatic heterocycles. The van der Waals surface area contributed by atoms with Crippen LogP contribution >= 0.6 is 0 Å². The van der Waals surface area contributed by atoms with E-state index in [2.05, 4.69) is 38.4 Å². The second-order valence-electron chi connectivity index (χ2n) is 6.06. The second kappa shape index (κ2) is 7.29. The smallest absolute Gasteiger partial charge is 0.253 e. The van der Waals surface area contributed by atoms with Gasteiger partial charge in [-0.3, -0.25) is 10.6 Å². The van der Waals surface area contributed by atoms with Gasteiger partial charge >= 0.3 is 0 Å². The SMILES string of the molecule is Cc1ccc(C(=O)NCC(C(C)C)C(C)C)c(NN)c1. The van der Waals surface area contributed by atoms with Gasteiger partial charge in [-0.05, 0) is 42.4 Å². The first-order chi connectivity index (χ1) is 9.36. The van der Waals surface area contributed by atoms with Crippen LogP contribution in [0.2, 0.25) is 0 Å². The van der Waals surface area contributed by atoms with Crippen molar-refractivity contribution >= 4 is 11.6 Å². The molecule has 1 amide bonds. The highest BCUT2D eigenvalue weighted by Gasteiger charge is 2.19. The summed E-state index contributed by atoms with van der Waals surface area (Å²) >= 11 is 0. The molecule has 0 saturated heterocycles. The van der Waals surface area contributed by atoms with E-state index >= 15 is 0 Å². The number of rotatable bonds is 6. The Kier molecular flexibility index (Phi) is 6.02. The van der Waals surface area contributed by atoms with Gasteiger partial charge in [0.25, 0.3) is 5.91 Å². The lowest BCUT2D eigenvalue weighted by Crippen LogP contribution is -2.34. The first kappa shape index (κ1) is 16.5. The second-order valence-corrected chi connectivity index (χ2v) is 6.06. The third-order valence-corrected chi connectivity index (χ3v) is 3.79. The zero-order valence-corrected chi connectivity index (χ0v) is 13.2. The number of nitrogen functional groups attached to an aromatic ring is 1. The average Bonchev–Trinajstić information content (AvgIpc) is 2.37. The van der Waals surface area contributed by atoms with Gasteiger partial charge in [-0.1, -0.05) is 33.8 Å².